The van der Waals surface area contributed by atoms with Crippen molar-refractivity contribution in [2.45, 2.75) is 91.9 Å². The lowest BCUT2D eigenvalue weighted by molar-refractivity contribution is -0.108. The second-order valence-electron chi connectivity index (χ2n) is 9.03. The predicted octanol–water partition coefficient (Wildman–Crippen LogP) is 6.02. The fourth-order valence-electron chi connectivity index (χ4n) is 4.24. The summed E-state index contributed by atoms with van der Waals surface area (Å²) in [5, 5.41) is 0. The Labute approximate surface area is 138 Å². The molecule has 0 amide bonds. The van der Waals surface area contributed by atoms with Crippen LogP contribution in [0, 0.1) is 35.0 Å². The second-order valence-corrected chi connectivity index (χ2v) is 9.03. The van der Waals surface area contributed by atoms with E-state index in [0.29, 0.717) is 10.8 Å². The number of carbonyl (C=O) groups is 1. The lowest BCUT2D eigenvalue weighted by atomic mass is 9.89. The normalized spacial score (nSPS) is 28.5. The van der Waals surface area contributed by atoms with E-state index in [-0.39, 0.29) is 0 Å². The molecule has 0 N–H and O–H groups in total. The molecule has 0 aromatic rings. The van der Waals surface area contributed by atoms with Crippen LogP contribution < -0.4 is 0 Å². The molecule has 0 aromatic heterocycles. The fraction of sp³-hybridized carbons (Fsp3) is 0.857. The minimum absolute atomic E-state index is 0.549. The van der Waals surface area contributed by atoms with Crippen LogP contribution in [-0.4, -0.2) is 6.29 Å². The summed E-state index contributed by atoms with van der Waals surface area (Å²) in [4.78, 5) is 10.1. The summed E-state index contributed by atoms with van der Waals surface area (Å²) in [7, 11) is 0. The molecule has 2 aliphatic rings. The average Bonchev–Trinajstić information content (AvgIpc) is 2.96. The summed E-state index contributed by atoms with van der Waals surface area (Å²) < 4.78 is 0. The van der Waals surface area contributed by atoms with Gasteiger partial charge in [-0.2, -0.15) is 0 Å². The monoisotopic (exact) mass is 304 g/mol. The maximum atomic E-state index is 10.1. The van der Waals surface area contributed by atoms with Gasteiger partial charge in [-0.15, -0.1) is 12.3 Å². The van der Waals surface area contributed by atoms with E-state index in [0.717, 1.165) is 37.4 Å². The summed E-state index contributed by atoms with van der Waals surface area (Å²) in [6, 6.07) is 0. The Hall–Kier alpha value is -0.770. The van der Waals surface area contributed by atoms with Crippen LogP contribution in [0.4, 0.5) is 0 Å². The zero-order chi connectivity index (χ0) is 16.6. The first-order valence-electron chi connectivity index (χ1n) is 9.15. The minimum Gasteiger partial charge on any atom is -0.303 e. The molecule has 0 bridgehead atoms. The molecule has 2 unspecified atom stereocenters. The van der Waals surface area contributed by atoms with Crippen LogP contribution in [0.1, 0.15) is 91.9 Å². The van der Waals surface area contributed by atoms with Crippen molar-refractivity contribution in [2.75, 3.05) is 0 Å². The zero-order valence-corrected chi connectivity index (χ0v) is 15.3. The molecule has 2 rings (SSSR count). The fourth-order valence-corrected chi connectivity index (χ4v) is 4.24. The molecule has 2 atom stereocenters. The Morgan fingerprint density at radius 3 is 1.86 bits per heavy atom. The molecular weight excluding hydrogens is 268 g/mol. The van der Waals surface area contributed by atoms with Crippen molar-refractivity contribution in [1.29, 1.82) is 0 Å². The van der Waals surface area contributed by atoms with Gasteiger partial charge in [0, 0.05) is 12.8 Å². The minimum atomic E-state index is 0.549. The summed E-state index contributed by atoms with van der Waals surface area (Å²) in [6.07, 6.45) is 18.5. The van der Waals surface area contributed by atoms with E-state index in [9.17, 15) is 4.79 Å². The average molecular weight is 305 g/mol. The molecule has 0 spiro atoms. The Balaban J connectivity index is 0.000000220. The molecule has 126 valence electrons. The van der Waals surface area contributed by atoms with E-state index in [1.165, 1.54) is 44.9 Å². The van der Waals surface area contributed by atoms with E-state index in [1.807, 2.05) is 0 Å². The largest absolute Gasteiger partial charge is 0.303 e. The number of aldehydes is 1. The van der Waals surface area contributed by atoms with Gasteiger partial charge in [0.1, 0.15) is 6.29 Å². The van der Waals surface area contributed by atoms with Crippen LogP contribution in [0.3, 0.4) is 0 Å². The molecule has 2 saturated carbocycles. The van der Waals surface area contributed by atoms with Crippen LogP contribution in [0.5, 0.6) is 0 Å². The highest BCUT2D eigenvalue weighted by molar-refractivity contribution is 5.49. The molecule has 2 aliphatic carbocycles. The maximum absolute atomic E-state index is 10.1. The molecule has 0 saturated heterocycles. The molecule has 1 heteroatoms. The van der Waals surface area contributed by atoms with Gasteiger partial charge >= 0.3 is 0 Å². The van der Waals surface area contributed by atoms with Crippen molar-refractivity contribution in [3.05, 3.63) is 0 Å². The Kier molecular flexibility index (Phi) is 7.67. The van der Waals surface area contributed by atoms with Gasteiger partial charge in [-0.05, 0) is 74.0 Å². The first kappa shape index (κ1) is 19.3. The first-order valence-corrected chi connectivity index (χ1v) is 9.15. The highest BCUT2D eigenvalue weighted by atomic mass is 16.1. The summed E-state index contributed by atoms with van der Waals surface area (Å²) in [5.41, 5.74) is 1.15. The van der Waals surface area contributed by atoms with Gasteiger partial charge in [0.25, 0.3) is 0 Å². The van der Waals surface area contributed by atoms with Gasteiger partial charge in [-0.25, -0.2) is 0 Å². The van der Waals surface area contributed by atoms with Crippen LogP contribution in [0.2, 0.25) is 0 Å². The predicted molar refractivity (Wildman–Crippen MR) is 95.6 cm³/mol. The first-order chi connectivity index (χ1) is 10.3. The molecule has 0 aromatic carbocycles. The Morgan fingerprint density at radius 2 is 1.50 bits per heavy atom. The number of carbonyl (C=O) groups excluding carboxylic acids is 1. The summed E-state index contributed by atoms with van der Waals surface area (Å²) in [6.45, 7) is 9.38. The van der Waals surface area contributed by atoms with Gasteiger partial charge in [-0.1, -0.05) is 27.7 Å². The molecular formula is C21H36O. The van der Waals surface area contributed by atoms with Gasteiger partial charge in [0.2, 0.25) is 0 Å². The number of terminal acetylenes is 1. The van der Waals surface area contributed by atoms with Crippen molar-refractivity contribution < 1.29 is 4.79 Å². The van der Waals surface area contributed by atoms with E-state index in [1.54, 1.807) is 0 Å². The van der Waals surface area contributed by atoms with E-state index in [4.69, 9.17) is 6.42 Å². The van der Waals surface area contributed by atoms with Crippen LogP contribution in [-0.2, 0) is 4.79 Å². The number of hydrogen-bond donors (Lipinski definition) is 0. The van der Waals surface area contributed by atoms with E-state index >= 15 is 0 Å². The molecule has 0 radical (unpaired) electrons. The van der Waals surface area contributed by atoms with Crippen LogP contribution >= 0.6 is 0 Å². The third-order valence-corrected chi connectivity index (χ3v) is 5.53. The molecule has 22 heavy (non-hydrogen) atoms. The summed E-state index contributed by atoms with van der Waals surface area (Å²) in [5.74, 6) is 4.47. The van der Waals surface area contributed by atoms with Crippen molar-refractivity contribution in [1.82, 2.24) is 0 Å². The van der Waals surface area contributed by atoms with Gasteiger partial charge < -0.3 is 4.79 Å². The van der Waals surface area contributed by atoms with Crippen molar-refractivity contribution in [3.63, 3.8) is 0 Å². The molecule has 0 heterocycles. The van der Waals surface area contributed by atoms with Crippen molar-refractivity contribution >= 4 is 6.29 Å². The lowest BCUT2D eigenvalue weighted by Crippen LogP contribution is -2.05. The molecule has 1 nitrogen and oxygen atoms in total. The highest BCUT2D eigenvalue weighted by Gasteiger charge is 2.30. The molecule has 2 fully saturated rings. The van der Waals surface area contributed by atoms with Crippen molar-refractivity contribution in [3.8, 4) is 12.3 Å². The Morgan fingerprint density at radius 1 is 1.00 bits per heavy atom. The number of rotatable bonds is 5. The Bertz CT molecular complexity index is 372. The van der Waals surface area contributed by atoms with Gasteiger partial charge in [0.05, 0.1) is 0 Å². The van der Waals surface area contributed by atoms with Crippen LogP contribution in [0.25, 0.3) is 0 Å². The third kappa shape index (κ3) is 7.48. The smallest absolute Gasteiger partial charge is 0.120 e. The second kappa shape index (κ2) is 8.76. The van der Waals surface area contributed by atoms with Gasteiger partial charge in [0.15, 0.2) is 0 Å². The summed E-state index contributed by atoms with van der Waals surface area (Å²) >= 11 is 0. The van der Waals surface area contributed by atoms with Gasteiger partial charge in [-0.3, -0.25) is 0 Å². The topological polar surface area (TPSA) is 17.1 Å². The SMILES string of the molecule is C#CCCC1CCC(C)(C)C1.CC1(C)CCC(CCC=O)C1. The standard InChI is InChI=1S/C11H18.C10H18O/c1-4-5-6-10-7-8-11(2,3)9-10;1-10(2)6-5-9(8-10)4-3-7-11/h1,10H,5-9H2,2-3H3;7,9H,3-6,8H2,1-2H3. The zero-order valence-electron chi connectivity index (χ0n) is 15.3. The van der Waals surface area contributed by atoms with E-state index in [2.05, 4.69) is 33.6 Å². The number of hydrogen-bond acceptors (Lipinski definition) is 1. The maximum Gasteiger partial charge on any atom is 0.120 e. The van der Waals surface area contributed by atoms with E-state index < -0.39 is 0 Å². The van der Waals surface area contributed by atoms with Crippen LogP contribution in [0.15, 0.2) is 0 Å². The quantitative estimate of drug-likeness (QED) is 0.448. The molecule has 0 aliphatic heterocycles. The highest BCUT2D eigenvalue weighted by Crippen LogP contribution is 2.43. The van der Waals surface area contributed by atoms with Crippen molar-refractivity contribution in [2.24, 2.45) is 22.7 Å². The third-order valence-electron chi connectivity index (χ3n) is 5.53. The lowest BCUT2D eigenvalue weighted by Gasteiger charge is -2.16.